The van der Waals surface area contributed by atoms with Gasteiger partial charge >= 0.3 is 0 Å². The predicted molar refractivity (Wildman–Crippen MR) is 64.9 cm³/mol. The summed E-state index contributed by atoms with van der Waals surface area (Å²) in [4.78, 5) is 11.3. The van der Waals surface area contributed by atoms with Gasteiger partial charge in [-0.2, -0.15) is 0 Å². The highest BCUT2D eigenvalue weighted by molar-refractivity contribution is 6.73. The van der Waals surface area contributed by atoms with E-state index in [9.17, 15) is 4.79 Å². The van der Waals surface area contributed by atoms with Gasteiger partial charge in [-0.05, 0) is 24.2 Å². The van der Waals surface area contributed by atoms with Gasteiger partial charge in [0, 0.05) is 0 Å². The Morgan fingerprint density at radius 3 is 2.50 bits per heavy atom. The lowest BCUT2D eigenvalue weighted by Crippen LogP contribution is -2.42. The maximum absolute atomic E-state index is 11.3. The molecule has 0 aromatic carbocycles. The molecular formula is C12H20O3Si. The monoisotopic (exact) mass is 240 g/mol. The van der Waals surface area contributed by atoms with E-state index in [1.807, 2.05) is 6.08 Å². The SMILES string of the molecule is CC[Si](CC)(CC)O[C@@H]1C=CC(=O)[C@H]2O[C@H]21. The Labute approximate surface area is 97.9 Å². The molecular weight excluding hydrogens is 220 g/mol. The van der Waals surface area contributed by atoms with Crippen molar-refractivity contribution in [2.75, 3.05) is 0 Å². The minimum Gasteiger partial charge on any atom is -0.408 e. The van der Waals surface area contributed by atoms with Crippen molar-refractivity contribution in [2.45, 2.75) is 57.2 Å². The molecule has 3 nitrogen and oxygen atoms in total. The highest BCUT2D eigenvalue weighted by atomic mass is 28.4. The molecule has 0 aromatic rings. The van der Waals surface area contributed by atoms with Crippen LogP contribution in [0.3, 0.4) is 0 Å². The smallest absolute Gasteiger partial charge is 0.193 e. The molecule has 1 saturated heterocycles. The largest absolute Gasteiger partial charge is 0.408 e. The van der Waals surface area contributed by atoms with Gasteiger partial charge in [0.05, 0.1) is 6.10 Å². The van der Waals surface area contributed by atoms with Gasteiger partial charge in [-0.15, -0.1) is 0 Å². The van der Waals surface area contributed by atoms with Gasteiger partial charge in [0.2, 0.25) is 0 Å². The van der Waals surface area contributed by atoms with Crippen molar-refractivity contribution in [3.63, 3.8) is 0 Å². The van der Waals surface area contributed by atoms with E-state index in [0.29, 0.717) is 0 Å². The van der Waals surface area contributed by atoms with Gasteiger partial charge in [0.1, 0.15) is 12.2 Å². The van der Waals surface area contributed by atoms with Gasteiger partial charge < -0.3 is 9.16 Å². The Hall–Kier alpha value is -0.453. The standard InChI is InChI=1S/C12H20O3Si/c1-4-16(5-2,6-3)15-10-8-7-9(13)11-12(10)14-11/h7-8,10-12H,4-6H2,1-3H3/t10-,11-,12+/m1/s1. The number of ketones is 1. The van der Waals surface area contributed by atoms with E-state index in [1.54, 1.807) is 6.08 Å². The first-order valence-electron chi connectivity index (χ1n) is 6.21. The number of fused-ring (bicyclic) bond motifs is 1. The summed E-state index contributed by atoms with van der Waals surface area (Å²) in [5.74, 6) is 0.0987. The van der Waals surface area contributed by atoms with Crippen LogP contribution in [0.2, 0.25) is 18.1 Å². The summed E-state index contributed by atoms with van der Waals surface area (Å²) in [5.41, 5.74) is 0. The van der Waals surface area contributed by atoms with E-state index in [1.165, 1.54) is 0 Å². The quantitative estimate of drug-likeness (QED) is 0.546. The van der Waals surface area contributed by atoms with Crippen LogP contribution < -0.4 is 0 Å². The summed E-state index contributed by atoms with van der Waals surface area (Å²) in [5, 5.41) is 0. The second-order valence-electron chi connectivity index (χ2n) is 4.61. The second kappa shape index (κ2) is 4.43. The van der Waals surface area contributed by atoms with E-state index in [0.717, 1.165) is 18.1 Å². The lowest BCUT2D eigenvalue weighted by molar-refractivity contribution is -0.115. The highest BCUT2D eigenvalue weighted by Gasteiger charge is 2.52. The summed E-state index contributed by atoms with van der Waals surface area (Å²) in [6, 6.07) is 3.40. The van der Waals surface area contributed by atoms with Gasteiger partial charge in [-0.1, -0.05) is 26.8 Å². The molecule has 0 amide bonds. The number of carbonyl (C=O) groups is 1. The van der Waals surface area contributed by atoms with Crippen LogP contribution in [0.15, 0.2) is 12.2 Å². The van der Waals surface area contributed by atoms with Crippen LogP contribution in [-0.2, 0) is 14.0 Å². The number of epoxide rings is 1. The molecule has 1 fully saturated rings. The van der Waals surface area contributed by atoms with Crippen LogP contribution >= 0.6 is 0 Å². The molecule has 0 spiro atoms. The Bertz CT molecular complexity index is 301. The lowest BCUT2D eigenvalue weighted by Gasteiger charge is -2.32. The molecule has 2 rings (SSSR count). The molecule has 3 atom stereocenters. The summed E-state index contributed by atoms with van der Waals surface area (Å²) in [7, 11) is -1.58. The number of carbonyl (C=O) groups excluding carboxylic acids is 1. The molecule has 1 aliphatic heterocycles. The molecule has 0 radical (unpaired) electrons. The highest BCUT2D eigenvalue weighted by Crippen LogP contribution is 2.36. The molecule has 2 aliphatic rings. The molecule has 16 heavy (non-hydrogen) atoms. The van der Waals surface area contributed by atoms with E-state index >= 15 is 0 Å². The Morgan fingerprint density at radius 2 is 1.94 bits per heavy atom. The average Bonchev–Trinajstić information content (AvgIpc) is 3.10. The normalized spacial score (nSPS) is 32.7. The van der Waals surface area contributed by atoms with Crippen molar-refractivity contribution in [1.29, 1.82) is 0 Å². The zero-order valence-electron chi connectivity index (χ0n) is 10.2. The third-order valence-electron chi connectivity index (χ3n) is 3.90. The van der Waals surface area contributed by atoms with E-state index < -0.39 is 8.32 Å². The molecule has 90 valence electrons. The van der Waals surface area contributed by atoms with Crippen LogP contribution in [-0.4, -0.2) is 32.4 Å². The van der Waals surface area contributed by atoms with E-state index in [2.05, 4.69) is 20.8 Å². The van der Waals surface area contributed by atoms with Crippen molar-refractivity contribution in [1.82, 2.24) is 0 Å². The number of rotatable bonds is 5. The topological polar surface area (TPSA) is 38.8 Å². The van der Waals surface area contributed by atoms with Crippen molar-refractivity contribution >= 4 is 14.1 Å². The van der Waals surface area contributed by atoms with Crippen LogP contribution in [0.5, 0.6) is 0 Å². The summed E-state index contributed by atoms with van der Waals surface area (Å²) >= 11 is 0. The molecule has 4 heteroatoms. The van der Waals surface area contributed by atoms with E-state index in [-0.39, 0.29) is 24.1 Å². The maximum Gasteiger partial charge on any atom is 0.193 e. The minimum atomic E-state index is -1.58. The van der Waals surface area contributed by atoms with Gasteiger partial charge in [-0.3, -0.25) is 4.79 Å². The average molecular weight is 240 g/mol. The first-order chi connectivity index (χ1) is 7.65. The fourth-order valence-electron chi connectivity index (χ4n) is 2.39. The maximum atomic E-state index is 11.3. The Balaban J connectivity index is 2.04. The second-order valence-corrected chi connectivity index (χ2v) is 9.33. The molecule has 0 N–H and O–H groups in total. The Kier molecular flexibility index (Phi) is 3.33. The third kappa shape index (κ3) is 2.01. The minimum absolute atomic E-state index is 0.00836. The van der Waals surface area contributed by atoms with Crippen LogP contribution in [0.25, 0.3) is 0 Å². The first kappa shape index (κ1) is 12.0. The molecule has 1 aliphatic carbocycles. The molecule has 0 unspecified atom stereocenters. The summed E-state index contributed by atoms with van der Waals surface area (Å²) < 4.78 is 11.7. The van der Waals surface area contributed by atoms with Crippen molar-refractivity contribution in [2.24, 2.45) is 0 Å². The fraction of sp³-hybridized carbons (Fsp3) is 0.750. The molecule has 0 aromatic heterocycles. The third-order valence-corrected chi connectivity index (χ3v) is 8.54. The Morgan fingerprint density at radius 1 is 1.31 bits per heavy atom. The summed E-state index contributed by atoms with van der Waals surface area (Å²) in [6.45, 7) is 6.63. The van der Waals surface area contributed by atoms with E-state index in [4.69, 9.17) is 9.16 Å². The first-order valence-corrected chi connectivity index (χ1v) is 8.74. The molecule has 1 heterocycles. The molecule has 0 bridgehead atoms. The van der Waals surface area contributed by atoms with Crippen molar-refractivity contribution < 1.29 is 14.0 Å². The lowest BCUT2D eigenvalue weighted by atomic mass is 10.0. The summed E-state index contributed by atoms with van der Waals surface area (Å²) in [6.07, 6.45) is 3.34. The predicted octanol–water partition coefficient (Wildman–Crippen LogP) is 2.28. The van der Waals surface area contributed by atoms with Crippen molar-refractivity contribution in [3.05, 3.63) is 12.2 Å². The number of hydrogen-bond donors (Lipinski definition) is 0. The van der Waals surface area contributed by atoms with Crippen LogP contribution in [0.4, 0.5) is 0 Å². The molecule has 0 saturated carbocycles. The number of hydrogen-bond acceptors (Lipinski definition) is 3. The zero-order valence-corrected chi connectivity index (χ0v) is 11.2. The van der Waals surface area contributed by atoms with Crippen molar-refractivity contribution in [3.8, 4) is 0 Å². The zero-order chi connectivity index (χ0) is 11.8. The van der Waals surface area contributed by atoms with Gasteiger partial charge in [0.15, 0.2) is 14.1 Å². The van der Waals surface area contributed by atoms with Gasteiger partial charge in [0.25, 0.3) is 0 Å². The fourth-order valence-corrected chi connectivity index (χ4v) is 5.18. The van der Waals surface area contributed by atoms with Crippen LogP contribution in [0.1, 0.15) is 20.8 Å². The van der Waals surface area contributed by atoms with Crippen LogP contribution in [0, 0.1) is 0 Å². The number of ether oxygens (including phenoxy) is 1. The van der Waals surface area contributed by atoms with Gasteiger partial charge in [-0.25, -0.2) is 0 Å².